The quantitative estimate of drug-likeness (QED) is 0.888. The van der Waals surface area contributed by atoms with Crippen molar-refractivity contribution in [3.63, 3.8) is 0 Å². The largest absolute Gasteiger partial charge is 0.397 e. The van der Waals surface area contributed by atoms with Gasteiger partial charge in [0, 0.05) is 38.2 Å². The fourth-order valence-electron chi connectivity index (χ4n) is 2.19. The average molecular weight is 286 g/mol. The van der Waals surface area contributed by atoms with Gasteiger partial charge in [0.25, 0.3) is 5.91 Å². The first-order chi connectivity index (χ1) is 10.0. The smallest absolute Gasteiger partial charge is 0.272 e. The maximum Gasteiger partial charge on any atom is 0.272 e. The number of nitrogens with zero attached hydrogens (tertiary/aromatic N) is 2. The Morgan fingerprint density at radius 3 is 2.52 bits per heavy atom. The lowest BCUT2D eigenvalue weighted by Crippen LogP contribution is -2.17. The Kier molecular flexibility index (Phi) is 4.52. The molecule has 0 saturated carbocycles. The number of anilines is 3. The zero-order chi connectivity index (χ0) is 15.4. The molecule has 1 amide bonds. The van der Waals surface area contributed by atoms with Gasteiger partial charge in [-0.3, -0.25) is 4.79 Å². The summed E-state index contributed by atoms with van der Waals surface area (Å²) in [4.78, 5) is 14.4. The second kappa shape index (κ2) is 6.35. The van der Waals surface area contributed by atoms with E-state index in [1.807, 2.05) is 47.8 Å². The molecular weight excluding hydrogens is 264 g/mol. The standard InChI is InChI=1S/C16H22N4O/c1-4-9-20-11-12(17)10-15(20)16(21)18-13-5-7-14(8-6-13)19(2)3/h5-8,10-11H,4,9,17H2,1-3H3,(H,18,21). The maximum atomic E-state index is 12.3. The van der Waals surface area contributed by atoms with Crippen LogP contribution in [0.25, 0.3) is 0 Å². The van der Waals surface area contributed by atoms with Crippen molar-refractivity contribution in [2.24, 2.45) is 0 Å². The Morgan fingerprint density at radius 2 is 1.95 bits per heavy atom. The van der Waals surface area contributed by atoms with Gasteiger partial charge in [-0.25, -0.2) is 0 Å². The summed E-state index contributed by atoms with van der Waals surface area (Å²) < 4.78 is 1.89. The number of amides is 1. The summed E-state index contributed by atoms with van der Waals surface area (Å²) in [6.45, 7) is 2.84. The number of carbonyl (C=O) groups is 1. The number of nitrogens with one attached hydrogen (secondary N) is 1. The summed E-state index contributed by atoms with van der Waals surface area (Å²) in [5.74, 6) is -0.141. The van der Waals surface area contributed by atoms with Crippen molar-refractivity contribution in [1.29, 1.82) is 0 Å². The van der Waals surface area contributed by atoms with Gasteiger partial charge >= 0.3 is 0 Å². The van der Waals surface area contributed by atoms with Crippen LogP contribution in [0, 0.1) is 0 Å². The van der Waals surface area contributed by atoms with E-state index in [-0.39, 0.29) is 5.91 Å². The molecule has 0 spiro atoms. The Hall–Kier alpha value is -2.43. The molecule has 0 unspecified atom stereocenters. The highest BCUT2D eigenvalue weighted by Crippen LogP contribution is 2.18. The van der Waals surface area contributed by atoms with Crippen LogP contribution in [0.2, 0.25) is 0 Å². The van der Waals surface area contributed by atoms with E-state index in [0.29, 0.717) is 11.4 Å². The molecule has 0 aliphatic rings. The number of carbonyl (C=O) groups excluding carboxylic acids is 1. The summed E-state index contributed by atoms with van der Waals surface area (Å²) >= 11 is 0. The van der Waals surface area contributed by atoms with Crippen molar-refractivity contribution in [2.45, 2.75) is 19.9 Å². The van der Waals surface area contributed by atoms with Crippen LogP contribution in [-0.4, -0.2) is 24.6 Å². The molecule has 21 heavy (non-hydrogen) atoms. The summed E-state index contributed by atoms with van der Waals surface area (Å²) in [6.07, 6.45) is 2.75. The Morgan fingerprint density at radius 1 is 1.29 bits per heavy atom. The minimum Gasteiger partial charge on any atom is -0.397 e. The van der Waals surface area contributed by atoms with Crippen LogP contribution in [-0.2, 0) is 6.54 Å². The number of aryl methyl sites for hydroxylation is 1. The molecule has 1 heterocycles. The molecule has 5 heteroatoms. The number of aromatic nitrogens is 1. The number of hydrogen-bond donors (Lipinski definition) is 2. The minimum absolute atomic E-state index is 0.141. The first-order valence-electron chi connectivity index (χ1n) is 7.05. The Bertz CT molecular complexity index is 614. The van der Waals surface area contributed by atoms with Crippen LogP contribution < -0.4 is 16.0 Å². The summed E-state index contributed by atoms with van der Waals surface area (Å²) in [7, 11) is 3.96. The monoisotopic (exact) mass is 286 g/mol. The topological polar surface area (TPSA) is 63.3 Å². The van der Waals surface area contributed by atoms with E-state index in [4.69, 9.17) is 5.73 Å². The van der Waals surface area contributed by atoms with Gasteiger partial charge < -0.3 is 20.5 Å². The molecule has 1 aromatic carbocycles. The first-order valence-corrected chi connectivity index (χ1v) is 7.05. The van der Waals surface area contributed by atoms with Crippen molar-refractivity contribution < 1.29 is 4.79 Å². The molecule has 112 valence electrons. The number of rotatable bonds is 5. The van der Waals surface area contributed by atoms with Crippen LogP contribution in [0.4, 0.5) is 17.1 Å². The zero-order valence-electron chi connectivity index (χ0n) is 12.8. The lowest BCUT2D eigenvalue weighted by atomic mass is 10.2. The molecular formula is C16H22N4O. The summed E-state index contributed by atoms with van der Waals surface area (Å²) in [6, 6.07) is 9.43. The maximum absolute atomic E-state index is 12.3. The molecule has 0 atom stereocenters. The molecule has 0 saturated heterocycles. The number of hydrogen-bond acceptors (Lipinski definition) is 3. The van der Waals surface area contributed by atoms with Crippen molar-refractivity contribution in [1.82, 2.24) is 4.57 Å². The fraction of sp³-hybridized carbons (Fsp3) is 0.312. The predicted octanol–water partition coefficient (Wildman–Crippen LogP) is 2.80. The Balaban J connectivity index is 2.14. The highest BCUT2D eigenvalue weighted by molar-refractivity contribution is 6.03. The number of nitrogen functional groups attached to an aromatic ring is 1. The van der Waals surface area contributed by atoms with E-state index >= 15 is 0 Å². The molecule has 2 aromatic rings. The van der Waals surface area contributed by atoms with Crippen molar-refractivity contribution in [3.05, 3.63) is 42.2 Å². The lowest BCUT2D eigenvalue weighted by Gasteiger charge is -2.13. The van der Waals surface area contributed by atoms with Crippen LogP contribution in [0.1, 0.15) is 23.8 Å². The van der Waals surface area contributed by atoms with Gasteiger partial charge in [0.2, 0.25) is 0 Å². The third-order valence-electron chi connectivity index (χ3n) is 3.26. The zero-order valence-corrected chi connectivity index (χ0v) is 12.8. The van der Waals surface area contributed by atoms with Gasteiger partial charge in [0.1, 0.15) is 5.69 Å². The van der Waals surface area contributed by atoms with E-state index in [1.54, 1.807) is 12.3 Å². The highest BCUT2D eigenvalue weighted by atomic mass is 16.1. The van der Waals surface area contributed by atoms with E-state index in [0.717, 1.165) is 24.3 Å². The van der Waals surface area contributed by atoms with E-state index in [9.17, 15) is 4.79 Å². The third kappa shape index (κ3) is 3.56. The molecule has 5 nitrogen and oxygen atoms in total. The molecule has 0 aliphatic heterocycles. The van der Waals surface area contributed by atoms with Crippen molar-refractivity contribution >= 4 is 23.0 Å². The summed E-state index contributed by atoms with van der Waals surface area (Å²) in [5, 5.41) is 2.90. The van der Waals surface area contributed by atoms with Gasteiger partial charge in [-0.2, -0.15) is 0 Å². The molecule has 0 radical (unpaired) electrons. The van der Waals surface area contributed by atoms with Crippen LogP contribution in [0.15, 0.2) is 36.5 Å². The molecule has 2 rings (SSSR count). The Labute approximate surface area is 125 Å². The second-order valence-electron chi connectivity index (χ2n) is 5.25. The minimum atomic E-state index is -0.141. The van der Waals surface area contributed by atoms with Gasteiger partial charge in [0.15, 0.2) is 0 Å². The van der Waals surface area contributed by atoms with E-state index in [2.05, 4.69) is 12.2 Å². The van der Waals surface area contributed by atoms with Crippen LogP contribution in [0.5, 0.6) is 0 Å². The molecule has 3 N–H and O–H groups in total. The van der Waals surface area contributed by atoms with Crippen LogP contribution in [0.3, 0.4) is 0 Å². The van der Waals surface area contributed by atoms with E-state index in [1.165, 1.54) is 0 Å². The molecule has 0 fully saturated rings. The van der Waals surface area contributed by atoms with Gasteiger partial charge in [-0.1, -0.05) is 6.92 Å². The first kappa shape index (κ1) is 15.0. The van der Waals surface area contributed by atoms with Crippen molar-refractivity contribution in [2.75, 3.05) is 30.0 Å². The predicted molar refractivity (Wildman–Crippen MR) is 87.9 cm³/mol. The average Bonchev–Trinajstić information content (AvgIpc) is 2.81. The van der Waals surface area contributed by atoms with Gasteiger partial charge in [0.05, 0.1) is 5.69 Å². The summed E-state index contributed by atoms with van der Waals surface area (Å²) in [5.41, 5.74) is 8.85. The van der Waals surface area contributed by atoms with Gasteiger partial charge in [-0.05, 0) is 36.8 Å². The van der Waals surface area contributed by atoms with Crippen molar-refractivity contribution in [3.8, 4) is 0 Å². The highest BCUT2D eigenvalue weighted by Gasteiger charge is 2.12. The molecule has 1 aromatic heterocycles. The lowest BCUT2D eigenvalue weighted by molar-refractivity contribution is 0.101. The normalized spacial score (nSPS) is 10.4. The molecule has 0 bridgehead atoms. The van der Waals surface area contributed by atoms with E-state index < -0.39 is 0 Å². The SMILES string of the molecule is CCCn1cc(N)cc1C(=O)Nc1ccc(N(C)C)cc1. The van der Waals surface area contributed by atoms with Crippen LogP contribution >= 0.6 is 0 Å². The third-order valence-corrected chi connectivity index (χ3v) is 3.26. The number of nitrogens with two attached hydrogens (primary N) is 1. The fourth-order valence-corrected chi connectivity index (χ4v) is 2.19. The number of benzene rings is 1. The van der Waals surface area contributed by atoms with Gasteiger partial charge in [-0.15, -0.1) is 0 Å². The second-order valence-corrected chi connectivity index (χ2v) is 5.25. The molecule has 0 aliphatic carbocycles.